The minimum Gasteiger partial charge on any atom is -0.465 e. The van der Waals surface area contributed by atoms with Crippen molar-refractivity contribution in [3.63, 3.8) is 0 Å². The average molecular weight is 266 g/mol. The normalized spacial score (nSPS) is 10.5. The quantitative estimate of drug-likeness (QED) is 0.838. The van der Waals surface area contributed by atoms with Crippen LogP contribution in [0.4, 0.5) is 14.5 Å². The Kier molecular flexibility index (Phi) is 3.50. The maximum atomic E-state index is 13.1. The van der Waals surface area contributed by atoms with Crippen molar-refractivity contribution in [3.05, 3.63) is 53.0 Å². The number of hydrogen-bond donors (Lipinski definition) is 2. The number of nitrogens with two attached hydrogens (primary N) is 1. The van der Waals surface area contributed by atoms with E-state index in [0.717, 1.165) is 17.9 Å². The van der Waals surface area contributed by atoms with Crippen LogP contribution in [0.25, 0.3) is 0 Å². The van der Waals surface area contributed by atoms with Crippen LogP contribution in [0.3, 0.4) is 0 Å². The van der Waals surface area contributed by atoms with Crippen LogP contribution in [0, 0.1) is 18.6 Å². The van der Waals surface area contributed by atoms with Crippen molar-refractivity contribution >= 4 is 11.6 Å². The maximum Gasteiger partial charge on any atom is 0.253 e. The summed E-state index contributed by atoms with van der Waals surface area (Å²) in [7, 11) is 0. The number of aryl methyl sites for hydroxylation is 1. The number of nitrogen functional groups attached to an aromatic ring is 1. The number of halogens is 2. The number of benzene rings is 1. The number of nitrogens with one attached hydrogen (secondary N) is 1. The first-order valence-corrected chi connectivity index (χ1v) is 5.55. The van der Waals surface area contributed by atoms with Crippen molar-refractivity contribution in [3.8, 4) is 0 Å². The molecule has 1 heterocycles. The summed E-state index contributed by atoms with van der Waals surface area (Å²) in [4.78, 5) is 11.8. The predicted molar refractivity (Wildman–Crippen MR) is 65.4 cm³/mol. The van der Waals surface area contributed by atoms with Crippen LogP contribution >= 0.6 is 0 Å². The van der Waals surface area contributed by atoms with E-state index in [2.05, 4.69) is 5.32 Å². The molecule has 0 saturated carbocycles. The molecule has 0 bridgehead atoms. The molecule has 0 fully saturated rings. The van der Waals surface area contributed by atoms with Crippen molar-refractivity contribution in [1.82, 2.24) is 5.32 Å². The SMILES string of the molecule is Cc1ccc(CNC(=O)c2cc(F)c(F)cc2N)o1. The summed E-state index contributed by atoms with van der Waals surface area (Å²) in [5, 5.41) is 2.51. The lowest BCUT2D eigenvalue weighted by Crippen LogP contribution is -2.24. The smallest absolute Gasteiger partial charge is 0.253 e. The summed E-state index contributed by atoms with van der Waals surface area (Å²) in [5.41, 5.74) is 5.25. The zero-order valence-electron chi connectivity index (χ0n) is 10.2. The van der Waals surface area contributed by atoms with E-state index in [1.807, 2.05) is 0 Å². The van der Waals surface area contributed by atoms with Gasteiger partial charge in [0.25, 0.3) is 5.91 Å². The van der Waals surface area contributed by atoms with Crippen LogP contribution in [-0.4, -0.2) is 5.91 Å². The highest BCUT2D eigenvalue weighted by atomic mass is 19.2. The van der Waals surface area contributed by atoms with Gasteiger partial charge in [-0.3, -0.25) is 4.79 Å². The van der Waals surface area contributed by atoms with Gasteiger partial charge in [-0.25, -0.2) is 8.78 Å². The van der Waals surface area contributed by atoms with Gasteiger partial charge >= 0.3 is 0 Å². The lowest BCUT2D eigenvalue weighted by atomic mass is 10.1. The van der Waals surface area contributed by atoms with Crippen molar-refractivity contribution in [2.75, 3.05) is 5.73 Å². The highest BCUT2D eigenvalue weighted by molar-refractivity contribution is 5.99. The monoisotopic (exact) mass is 266 g/mol. The van der Waals surface area contributed by atoms with Crippen molar-refractivity contribution in [2.45, 2.75) is 13.5 Å². The van der Waals surface area contributed by atoms with Gasteiger partial charge in [0.15, 0.2) is 11.6 Å². The highest BCUT2D eigenvalue weighted by Gasteiger charge is 2.14. The first-order chi connectivity index (χ1) is 8.97. The minimum absolute atomic E-state index is 0.109. The van der Waals surface area contributed by atoms with E-state index in [-0.39, 0.29) is 17.8 Å². The number of furan rings is 1. The lowest BCUT2D eigenvalue weighted by Gasteiger charge is -2.07. The molecule has 1 amide bonds. The van der Waals surface area contributed by atoms with E-state index in [9.17, 15) is 13.6 Å². The first kappa shape index (κ1) is 13.1. The summed E-state index contributed by atoms with van der Waals surface area (Å²) in [5.74, 6) is -1.52. The van der Waals surface area contributed by atoms with Crippen LogP contribution in [0.1, 0.15) is 21.9 Å². The maximum absolute atomic E-state index is 13.1. The van der Waals surface area contributed by atoms with E-state index in [0.29, 0.717) is 5.76 Å². The van der Waals surface area contributed by atoms with Gasteiger partial charge in [-0.05, 0) is 25.1 Å². The average Bonchev–Trinajstić information content (AvgIpc) is 2.77. The molecule has 4 nitrogen and oxygen atoms in total. The zero-order valence-corrected chi connectivity index (χ0v) is 10.2. The summed E-state index contributed by atoms with van der Waals surface area (Å²) in [6.07, 6.45) is 0. The molecule has 0 saturated heterocycles. The number of hydrogen-bond acceptors (Lipinski definition) is 3. The van der Waals surface area contributed by atoms with Gasteiger partial charge in [-0.15, -0.1) is 0 Å². The van der Waals surface area contributed by atoms with Crippen molar-refractivity contribution < 1.29 is 18.0 Å². The molecule has 3 N–H and O–H groups in total. The summed E-state index contributed by atoms with van der Waals surface area (Å²) >= 11 is 0. The molecule has 0 spiro atoms. The fourth-order valence-corrected chi connectivity index (χ4v) is 1.60. The number of anilines is 1. The molecule has 0 unspecified atom stereocenters. The summed E-state index contributed by atoms with van der Waals surface area (Å²) in [6.45, 7) is 1.92. The lowest BCUT2D eigenvalue weighted by molar-refractivity contribution is 0.0948. The molecule has 1 aromatic carbocycles. The Hall–Kier alpha value is -2.37. The Bertz CT molecular complexity index is 623. The van der Waals surface area contributed by atoms with E-state index < -0.39 is 17.5 Å². The topological polar surface area (TPSA) is 68.3 Å². The second-order valence-electron chi connectivity index (χ2n) is 4.05. The first-order valence-electron chi connectivity index (χ1n) is 5.55. The molecule has 2 aromatic rings. The molecule has 6 heteroatoms. The van der Waals surface area contributed by atoms with Gasteiger partial charge in [-0.2, -0.15) is 0 Å². The highest BCUT2D eigenvalue weighted by Crippen LogP contribution is 2.17. The van der Waals surface area contributed by atoms with Gasteiger partial charge in [0.05, 0.1) is 12.1 Å². The van der Waals surface area contributed by atoms with Crippen LogP contribution in [-0.2, 0) is 6.54 Å². The Balaban J connectivity index is 2.10. The predicted octanol–water partition coefficient (Wildman–Crippen LogP) is 2.38. The molecule has 100 valence electrons. The third kappa shape index (κ3) is 2.90. The standard InChI is InChI=1S/C13H12F2N2O2/c1-7-2-3-8(19-7)6-17-13(18)9-4-10(14)11(15)5-12(9)16/h2-5H,6,16H2,1H3,(H,17,18). The fourth-order valence-electron chi connectivity index (χ4n) is 1.60. The second kappa shape index (κ2) is 5.09. The molecule has 0 radical (unpaired) electrons. The van der Waals surface area contributed by atoms with Gasteiger partial charge in [0.1, 0.15) is 11.5 Å². The number of amides is 1. The Labute approximate surface area is 108 Å². The van der Waals surface area contributed by atoms with Crippen LogP contribution in [0.15, 0.2) is 28.7 Å². The molecule has 2 rings (SSSR count). The molecular weight excluding hydrogens is 254 g/mol. The van der Waals surface area contributed by atoms with Gasteiger partial charge < -0.3 is 15.5 Å². The minimum atomic E-state index is -1.12. The second-order valence-corrected chi connectivity index (χ2v) is 4.05. The van der Waals surface area contributed by atoms with Crippen molar-refractivity contribution in [1.29, 1.82) is 0 Å². The van der Waals surface area contributed by atoms with Crippen molar-refractivity contribution in [2.24, 2.45) is 0 Å². The third-order valence-electron chi connectivity index (χ3n) is 2.56. The van der Waals surface area contributed by atoms with E-state index in [4.69, 9.17) is 10.2 Å². The molecule has 0 aliphatic heterocycles. The number of carbonyl (C=O) groups is 1. The number of carbonyl (C=O) groups excluding carboxylic acids is 1. The van der Waals surface area contributed by atoms with Gasteiger partial charge in [-0.1, -0.05) is 0 Å². The van der Waals surface area contributed by atoms with E-state index >= 15 is 0 Å². The Morgan fingerprint density at radius 3 is 2.63 bits per heavy atom. The third-order valence-corrected chi connectivity index (χ3v) is 2.56. The van der Waals surface area contributed by atoms with Crippen LogP contribution in [0.2, 0.25) is 0 Å². The molecule has 1 aromatic heterocycles. The Morgan fingerprint density at radius 1 is 1.32 bits per heavy atom. The largest absolute Gasteiger partial charge is 0.465 e. The van der Waals surface area contributed by atoms with Crippen LogP contribution in [0.5, 0.6) is 0 Å². The van der Waals surface area contributed by atoms with Gasteiger partial charge in [0, 0.05) is 11.8 Å². The molecule has 19 heavy (non-hydrogen) atoms. The number of rotatable bonds is 3. The molecular formula is C13H12F2N2O2. The molecule has 0 aliphatic carbocycles. The van der Waals surface area contributed by atoms with E-state index in [1.54, 1.807) is 19.1 Å². The molecule has 0 atom stereocenters. The molecule has 0 aliphatic rings. The van der Waals surface area contributed by atoms with Gasteiger partial charge in [0.2, 0.25) is 0 Å². The Morgan fingerprint density at radius 2 is 2.00 bits per heavy atom. The zero-order chi connectivity index (χ0) is 14.0. The summed E-state index contributed by atoms with van der Waals surface area (Å²) in [6, 6.07) is 5.02. The summed E-state index contributed by atoms with van der Waals surface area (Å²) < 4.78 is 31.2. The van der Waals surface area contributed by atoms with Crippen LogP contribution < -0.4 is 11.1 Å². The van der Waals surface area contributed by atoms with E-state index in [1.165, 1.54) is 0 Å². The fraction of sp³-hybridized carbons (Fsp3) is 0.154.